The van der Waals surface area contributed by atoms with Crippen molar-refractivity contribution in [3.63, 3.8) is 0 Å². The van der Waals surface area contributed by atoms with Crippen molar-refractivity contribution in [3.8, 4) is 5.75 Å². The van der Waals surface area contributed by atoms with Gasteiger partial charge >= 0.3 is 14.2 Å². The Balaban J connectivity index is 1.31. The van der Waals surface area contributed by atoms with Crippen LogP contribution in [0.3, 0.4) is 0 Å². The summed E-state index contributed by atoms with van der Waals surface area (Å²) in [5.41, 5.74) is 2.13. The van der Waals surface area contributed by atoms with E-state index in [0.717, 1.165) is 15.4 Å². The molecule has 2 aliphatic carbocycles. The van der Waals surface area contributed by atoms with E-state index in [1.54, 1.807) is 24.3 Å². The Hall–Kier alpha value is -4.55. The van der Waals surface area contributed by atoms with Crippen molar-refractivity contribution in [2.45, 2.75) is 18.8 Å². The van der Waals surface area contributed by atoms with Gasteiger partial charge in [-0.05, 0) is 71.6 Å². The van der Waals surface area contributed by atoms with Crippen molar-refractivity contribution in [1.29, 1.82) is 0 Å². The molecule has 2 saturated heterocycles. The van der Waals surface area contributed by atoms with Crippen LogP contribution in [-0.4, -0.2) is 63.1 Å². The second-order valence-electron chi connectivity index (χ2n) is 12.1. The second-order valence-corrected chi connectivity index (χ2v) is 12.1. The van der Waals surface area contributed by atoms with Crippen molar-refractivity contribution in [2.24, 2.45) is 29.6 Å². The fourth-order valence-corrected chi connectivity index (χ4v) is 7.80. The van der Waals surface area contributed by atoms with Gasteiger partial charge in [-0.25, -0.2) is 0 Å². The molecule has 13 heteroatoms. The van der Waals surface area contributed by atoms with Crippen molar-refractivity contribution in [2.75, 3.05) is 9.80 Å². The van der Waals surface area contributed by atoms with Gasteiger partial charge in [-0.2, -0.15) is 0 Å². The molecule has 11 nitrogen and oxygen atoms in total. The number of fused-ring (bicyclic) bond motifs is 4. The monoisotopic (exact) mass is 606 g/mol. The first-order chi connectivity index (χ1) is 21.6. The van der Waals surface area contributed by atoms with Crippen LogP contribution in [0.25, 0.3) is 0 Å². The van der Waals surface area contributed by atoms with E-state index in [1.807, 2.05) is 6.08 Å². The molecule has 2 heterocycles. The fraction of sp³-hybridized carbons (Fsp3) is 0.250. The second kappa shape index (κ2) is 10.8. The SMILES string of the molecule is O=C1[C@H]2[C@H](CC=C3[C@H]2C[C@H]2C(=O)N(c4cccc(B(O)O)c4)C(=O)[C@H]2[C@H]3c2ccc(O)cc2)C(=O)N1c1cccc(B(O)O)c1. The third-order valence-corrected chi connectivity index (χ3v) is 9.75. The topological polar surface area (TPSA) is 176 Å². The van der Waals surface area contributed by atoms with Crippen molar-refractivity contribution < 1.29 is 44.4 Å². The normalized spacial score (nSPS) is 27.2. The number of phenolic OH excluding ortho intramolecular Hbond substituents is 1. The van der Waals surface area contributed by atoms with Crippen LogP contribution in [0.5, 0.6) is 5.75 Å². The molecule has 0 unspecified atom stereocenters. The van der Waals surface area contributed by atoms with Crippen LogP contribution in [0.4, 0.5) is 11.4 Å². The van der Waals surface area contributed by atoms with E-state index in [4.69, 9.17) is 0 Å². The predicted octanol–water partition coefficient (Wildman–Crippen LogP) is -0.203. The standard InChI is InChI=1S/C32H28B2N2O9/c37-21-9-7-16(8-10-21)26-22-11-12-23-27(31(40)35(29(23)38)19-5-1-3-17(13-19)33(42)43)24(22)15-25-28(26)32(41)36(30(25)39)20-6-2-4-18(14-20)34(44)45/h1-11,13-14,23-28,37,42-45H,12,15H2/t23-,24+,25+,26-,27-,28+/m0/s1. The number of phenols is 1. The summed E-state index contributed by atoms with van der Waals surface area (Å²) in [6.45, 7) is 0. The number of hydrogen-bond acceptors (Lipinski definition) is 9. The van der Waals surface area contributed by atoms with Gasteiger partial charge in [0.05, 0.1) is 35.0 Å². The molecule has 0 aromatic heterocycles. The first-order valence-electron chi connectivity index (χ1n) is 14.7. The summed E-state index contributed by atoms with van der Waals surface area (Å²) in [5, 5.41) is 48.8. The molecular formula is C32H28B2N2O9. The molecule has 1 saturated carbocycles. The Labute approximate surface area is 258 Å². The number of rotatable bonds is 5. The summed E-state index contributed by atoms with van der Waals surface area (Å²) in [6.07, 6.45) is 2.30. The maximum atomic E-state index is 14.2. The van der Waals surface area contributed by atoms with Crippen LogP contribution >= 0.6 is 0 Å². The van der Waals surface area contributed by atoms with Crippen LogP contribution in [0.15, 0.2) is 84.4 Å². The quantitative estimate of drug-likeness (QED) is 0.150. The zero-order chi connectivity index (χ0) is 31.7. The molecule has 226 valence electrons. The van der Waals surface area contributed by atoms with E-state index in [2.05, 4.69) is 0 Å². The maximum Gasteiger partial charge on any atom is 0.488 e. The van der Waals surface area contributed by atoms with Gasteiger partial charge in [0.2, 0.25) is 23.6 Å². The lowest BCUT2D eigenvalue weighted by atomic mass is 9.57. The summed E-state index contributed by atoms with van der Waals surface area (Å²) in [7, 11) is -3.59. The first kappa shape index (κ1) is 29.2. The summed E-state index contributed by atoms with van der Waals surface area (Å²) in [6, 6.07) is 18.2. The molecule has 0 spiro atoms. The minimum absolute atomic E-state index is 0.0256. The minimum atomic E-state index is -1.80. The number of allylic oxidation sites excluding steroid dienone is 2. The van der Waals surface area contributed by atoms with Gasteiger partial charge in [0.15, 0.2) is 0 Å². The van der Waals surface area contributed by atoms with Crippen LogP contribution < -0.4 is 20.7 Å². The maximum absolute atomic E-state index is 14.2. The molecule has 0 radical (unpaired) electrons. The van der Waals surface area contributed by atoms with Gasteiger partial charge in [0, 0.05) is 5.92 Å². The number of amides is 4. The van der Waals surface area contributed by atoms with E-state index >= 15 is 0 Å². The lowest BCUT2D eigenvalue weighted by Gasteiger charge is -2.44. The van der Waals surface area contributed by atoms with Gasteiger partial charge in [0.25, 0.3) is 0 Å². The fourth-order valence-electron chi connectivity index (χ4n) is 7.80. The van der Waals surface area contributed by atoms with Crippen LogP contribution in [0.1, 0.15) is 24.3 Å². The van der Waals surface area contributed by atoms with Gasteiger partial charge in [-0.1, -0.05) is 48.0 Å². The van der Waals surface area contributed by atoms with Crippen LogP contribution in [0, 0.1) is 29.6 Å². The molecule has 0 bridgehead atoms. The third kappa shape index (κ3) is 4.54. The van der Waals surface area contributed by atoms with Crippen LogP contribution in [0.2, 0.25) is 0 Å². The van der Waals surface area contributed by atoms with E-state index in [-0.39, 0.29) is 40.9 Å². The number of carbonyl (C=O) groups is 4. The summed E-state index contributed by atoms with van der Waals surface area (Å²) >= 11 is 0. The lowest BCUT2D eigenvalue weighted by Crippen LogP contribution is -2.43. The molecule has 4 amide bonds. The number of nitrogens with zero attached hydrogens (tertiary/aromatic N) is 2. The minimum Gasteiger partial charge on any atom is -0.508 e. The average molecular weight is 606 g/mol. The average Bonchev–Trinajstić information content (AvgIpc) is 3.44. The van der Waals surface area contributed by atoms with Crippen molar-refractivity contribution >= 4 is 60.2 Å². The predicted molar refractivity (Wildman–Crippen MR) is 163 cm³/mol. The highest BCUT2D eigenvalue weighted by atomic mass is 16.4. The molecular weight excluding hydrogens is 578 g/mol. The molecule has 4 aliphatic rings. The molecule has 3 aromatic rings. The molecule has 2 aliphatic heterocycles. The van der Waals surface area contributed by atoms with E-state index in [9.17, 15) is 44.4 Å². The molecule has 3 aromatic carbocycles. The third-order valence-electron chi connectivity index (χ3n) is 9.75. The number of hydrogen-bond donors (Lipinski definition) is 5. The van der Waals surface area contributed by atoms with E-state index in [0.29, 0.717) is 5.56 Å². The van der Waals surface area contributed by atoms with Crippen molar-refractivity contribution in [1.82, 2.24) is 0 Å². The molecule has 7 rings (SSSR count). The number of benzene rings is 3. The highest BCUT2D eigenvalue weighted by molar-refractivity contribution is 6.59. The van der Waals surface area contributed by atoms with Crippen LogP contribution in [-0.2, 0) is 19.2 Å². The number of anilines is 2. The number of carbonyl (C=O) groups excluding carboxylic acids is 4. The molecule has 3 fully saturated rings. The first-order valence-corrected chi connectivity index (χ1v) is 14.7. The molecule has 6 atom stereocenters. The Morgan fingerprint density at radius 1 is 0.622 bits per heavy atom. The van der Waals surface area contributed by atoms with Gasteiger partial charge in [-0.3, -0.25) is 29.0 Å². The zero-order valence-corrected chi connectivity index (χ0v) is 23.8. The smallest absolute Gasteiger partial charge is 0.488 e. The molecule has 5 N–H and O–H groups in total. The van der Waals surface area contributed by atoms with E-state index < -0.39 is 73.4 Å². The largest absolute Gasteiger partial charge is 0.508 e. The Kier molecular flexibility index (Phi) is 7.01. The number of imide groups is 2. The Bertz CT molecular complexity index is 1780. The van der Waals surface area contributed by atoms with E-state index in [1.165, 1.54) is 48.5 Å². The zero-order valence-electron chi connectivity index (χ0n) is 23.8. The number of aromatic hydroxyl groups is 1. The Morgan fingerprint density at radius 3 is 1.71 bits per heavy atom. The van der Waals surface area contributed by atoms with Gasteiger partial charge in [0.1, 0.15) is 5.75 Å². The lowest BCUT2D eigenvalue weighted by molar-refractivity contribution is -0.126. The molecule has 45 heavy (non-hydrogen) atoms. The van der Waals surface area contributed by atoms with Gasteiger partial charge in [-0.15, -0.1) is 0 Å². The highest BCUT2D eigenvalue weighted by Crippen LogP contribution is 2.58. The highest BCUT2D eigenvalue weighted by Gasteiger charge is 2.62. The van der Waals surface area contributed by atoms with Gasteiger partial charge < -0.3 is 25.2 Å². The van der Waals surface area contributed by atoms with Crippen molar-refractivity contribution in [3.05, 3.63) is 90.0 Å². The summed E-state index contributed by atoms with van der Waals surface area (Å²) in [4.78, 5) is 58.2. The Morgan fingerprint density at radius 2 is 1.16 bits per heavy atom. The summed E-state index contributed by atoms with van der Waals surface area (Å²) in [5.74, 6) is -6.08. The summed E-state index contributed by atoms with van der Waals surface area (Å²) < 4.78 is 0.